The molecule has 1 saturated heterocycles. The molecule has 0 radical (unpaired) electrons. The summed E-state index contributed by atoms with van der Waals surface area (Å²) >= 11 is 0. The molecule has 4 rings (SSSR count). The Morgan fingerprint density at radius 3 is 2.75 bits per heavy atom. The lowest BCUT2D eigenvalue weighted by atomic mass is 9.71. The molecule has 0 N–H and O–H groups in total. The van der Waals surface area contributed by atoms with Gasteiger partial charge in [0.25, 0.3) is 0 Å². The second kappa shape index (κ2) is 3.03. The molecule has 2 aliphatic heterocycles. The third-order valence-corrected chi connectivity index (χ3v) is 3.67. The highest BCUT2D eigenvalue weighted by atomic mass is 16.5. The summed E-state index contributed by atoms with van der Waals surface area (Å²) in [5.74, 6) is 1.89. The molecule has 1 aromatic heterocycles. The molecule has 0 unspecified atom stereocenters. The van der Waals surface area contributed by atoms with E-state index in [2.05, 4.69) is 26.0 Å². The van der Waals surface area contributed by atoms with Crippen molar-refractivity contribution in [1.82, 2.24) is 0 Å². The van der Waals surface area contributed by atoms with E-state index < -0.39 is 0 Å². The summed E-state index contributed by atoms with van der Waals surface area (Å²) < 4.78 is 11.4. The molecule has 0 amide bonds. The van der Waals surface area contributed by atoms with Crippen LogP contribution in [0.3, 0.4) is 0 Å². The minimum atomic E-state index is -0.115. The van der Waals surface area contributed by atoms with Gasteiger partial charge in [0.2, 0.25) is 0 Å². The number of furan rings is 1. The standard InChI is InChI=1S/C14H16O2/c1-13-5-7-14(2,8-6-13)16-12(13)10-11-4-3-9-15-11/h3-5,7,9-10H,6,8H2,1-2H3/b12-10-/t13-,14+/m1/s1. The van der Waals surface area contributed by atoms with Crippen LogP contribution < -0.4 is 0 Å². The molecule has 84 valence electrons. The zero-order valence-electron chi connectivity index (χ0n) is 9.69. The average Bonchev–Trinajstić information content (AvgIpc) is 2.74. The first-order chi connectivity index (χ1) is 7.60. The van der Waals surface area contributed by atoms with Crippen LogP contribution in [0.4, 0.5) is 0 Å². The van der Waals surface area contributed by atoms with Gasteiger partial charge in [-0.25, -0.2) is 0 Å². The van der Waals surface area contributed by atoms with Crippen molar-refractivity contribution in [3.05, 3.63) is 42.1 Å². The van der Waals surface area contributed by atoms with E-state index in [1.165, 1.54) is 0 Å². The van der Waals surface area contributed by atoms with E-state index in [0.29, 0.717) is 0 Å². The largest absolute Gasteiger partial charge is 0.487 e. The summed E-state index contributed by atoms with van der Waals surface area (Å²) in [5, 5.41) is 0. The Balaban J connectivity index is 2.02. The van der Waals surface area contributed by atoms with Gasteiger partial charge in [-0.15, -0.1) is 0 Å². The fourth-order valence-electron chi connectivity index (χ4n) is 2.39. The van der Waals surface area contributed by atoms with Gasteiger partial charge in [0.05, 0.1) is 6.26 Å². The number of allylic oxidation sites excluding steroid dienone is 1. The van der Waals surface area contributed by atoms with Crippen molar-refractivity contribution in [2.45, 2.75) is 32.3 Å². The van der Waals surface area contributed by atoms with Crippen molar-refractivity contribution in [3.63, 3.8) is 0 Å². The monoisotopic (exact) mass is 216 g/mol. The molecule has 2 bridgehead atoms. The topological polar surface area (TPSA) is 22.4 Å². The molecule has 1 aliphatic carbocycles. The van der Waals surface area contributed by atoms with Crippen molar-refractivity contribution in [1.29, 1.82) is 0 Å². The lowest BCUT2D eigenvalue weighted by Gasteiger charge is -2.47. The third-order valence-electron chi connectivity index (χ3n) is 3.67. The summed E-state index contributed by atoms with van der Waals surface area (Å²) in [7, 11) is 0. The van der Waals surface area contributed by atoms with E-state index in [1.54, 1.807) is 6.26 Å². The van der Waals surface area contributed by atoms with Crippen LogP contribution >= 0.6 is 0 Å². The molecule has 2 atom stereocenters. The molecule has 2 heteroatoms. The van der Waals surface area contributed by atoms with Crippen LogP contribution in [0.15, 0.2) is 40.7 Å². The van der Waals surface area contributed by atoms with Crippen LogP contribution in [-0.4, -0.2) is 5.60 Å². The lowest BCUT2D eigenvalue weighted by Crippen LogP contribution is -2.42. The SMILES string of the molecule is C[C@]12C=C[C@](C)(CC1)/C(=C/c1ccco1)O2. The zero-order valence-corrected chi connectivity index (χ0v) is 9.69. The molecule has 16 heavy (non-hydrogen) atoms. The van der Waals surface area contributed by atoms with E-state index in [9.17, 15) is 0 Å². The summed E-state index contributed by atoms with van der Waals surface area (Å²) in [4.78, 5) is 0. The van der Waals surface area contributed by atoms with Crippen LogP contribution in [0.5, 0.6) is 0 Å². The van der Waals surface area contributed by atoms with Gasteiger partial charge in [0, 0.05) is 11.5 Å². The first-order valence-corrected chi connectivity index (χ1v) is 5.75. The maximum Gasteiger partial charge on any atom is 0.130 e. The van der Waals surface area contributed by atoms with E-state index in [1.807, 2.05) is 18.2 Å². The minimum absolute atomic E-state index is 0.0462. The van der Waals surface area contributed by atoms with Crippen LogP contribution in [0.25, 0.3) is 6.08 Å². The number of fused-ring (bicyclic) bond motifs is 2. The quantitative estimate of drug-likeness (QED) is 0.667. The van der Waals surface area contributed by atoms with Gasteiger partial charge >= 0.3 is 0 Å². The first-order valence-electron chi connectivity index (χ1n) is 5.75. The molecule has 3 aliphatic rings. The Kier molecular flexibility index (Phi) is 1.85. The summed E-state index contributed by atoms with van der Waals surface area (Å²) in [6.45, 7) is 4.36. The molecule has 2 nitrogen and oxygen atoms in total. The van der Waals surface area contributed by atoms with E-state index in [-0.39, 0.29) is 11.0 Å². The van der Waals surface area contributed by atoms with Crippen molar-refractivity contribution in [2.75, 3.05) is 0 Å². The maximum atomic E-state index is 6.06. The van der Waals surface area contributed by atoms with Gasteiger partial charge in [0.15, 0.2) is 0 Å². The van der Waals surface area contributed by atoms with E-state index in [0.717, 1.165) is 24.4 Å². The third kappa shape index (κ3) is 1.41. The number of hydrogen-bond donors (Lipinski definition) is 0. The molecular formula is C14H16O2. The number of hydrogen-bond acceptors (Lipinski definition) is 2. The lowest BCUT2D eigenvalue weighted by molar-refractivity contribution is -0.0300. The minimum Gasteiger partial charge on any atom is -0.487 e. The number of ether oxygens (including phenoxy) is 1. The summed E-state index contributed by atoms with van der Waals surface area (Å²) in [5.41, 5.74) is -0.0687. The number of rotatable bonds is 1. The predicted octanol–water partition coefficient (Wildman–Crippen LogP) is 3.77. The van der Waals surface area contributed by atoms with Crippen LogP contribution in [-0.2, 0) is 4.74 Å². The second-order valence-electron chi connectivity index (χ2n) is 5.19. The summed E-state index contributed by atoms with van der Waals surface area (Å²) in [6.07, 6.45) is 10.4. The molecule has 0 aromatic carbocycles. The van der Waals surface area contributed by atoms with E-state index in [4.69, 9.17) is 9.15 Å². The molecule has 1 fully saturated rings. The highest BCUT2D eigenvalue weighted by molar-refractivity contribution is 5.50. The second-order valence-corrected chi connectivity index (χ2v) is 5.19. The van der Waals surface area contributed by atoms with Crippen LogP contribution in [0.1, 0.15) is 32.4 Å². The molecule has 0 saturated carbocycles. The first kappa shape index (κ1) is 9.76. The highest BCUT2D eigenvalue weighted by Gasteiger charge is 2.44. The normalized spacial score (nSPS) is 39.0. The fraction of sp³-hybridized carbons (Fsp3) is 0.429. The van der Waals surface area contributed by atoms with Crippen molar-refractivity contribution in [2.24, 2.45) is 5.41 Å². The molecule has 3 heterocycles. The summed E-state index contributed by atoms with van der Waals surface area (Å²) in [6, 6.07) is 3.85. The predicted molar refractivity (Wildman–Crippen MR) is 62.7 cm³/mol. The van der Waals surface area contributed by atoms with Gasteiger partial charge in [0.1, 0.15) is 17.1 Å². The Bertz CT molecular complexity index is 455. The van der Waals surface area contributed by atoms with Gasteiger partial charge in [-0.1, -0.05) is 6.08 Å². The molecule has 0 spiro atoms. The molecule has 1 aromatic rings. The Labute approximate surface area is 95.6 Å². The zero-order chi connectivity index (χ0) is 11.2. The fourth-order valence-corrected chi connectivity index (χ4v) is 2.39. The van der Waals surface area contributed by atoms with Gasteiger partial charge < -0.3 is 9.15 Å². The Morgan fingerprint density at radius 2 is 2.12 bits per heavy atom. The highest BCUT2D eigenvalue weighted by Crippen LogP contribution is 2.50. The van der Waals surface area contributed by atoms with Gasteiger partial charge in [-0.2, -0.15) is 0 Å². The van der Waals surface area contributed by atoms with E-state index >= 15 is 0 Å². The van der Waals surface area contributed by atoms with Crippen LogP contribution in [0.2, 0.25) is 0 Å². The van der Waals surface area contributed by atoms with Crippen LogP contribution in [0, 0.1) is 5.41 Å². The smallest absolute Gasteiger partial charge is 0.130 e. The average molecular weight is 216 g/mol. The van der Waals surface area contributed by atoms with Crippen molar-refractivity contribution < 1.29 is 9.15 Å². The Morgan fingerprint density at radius 1 is 1.25 bits per heavy atom. The van der Waals surface area contributed by atoms with Crippen molar-refractivity contribution in [3.8, 4) is 0 Å². The maximum absolute atomic E-state index is 6.06. The van der Waals surface area contributed by atoms with Gasteiger partial charge in [-0.05, 0) is 44.9 Å². The molecular weight excluding hydrogens is 200 g/mol. The Hall–Kier alpha value is -1.44. The van der Waals surface area contributed by atoms with Crippen molar-refractivity contribution >= 4 is 6.08 Å². The van der Waals surface area contributed by atoms with Gasteiger partial charge in [-0.3, -0.25) is 0 Å².